The molecule has 1 N–H and O–H groups in total. The normalized spacial score (nSPS) is 11.1. The van der Waals surface area contributed by atoms with Crippen LogP contribution in [0.3, 0.4) is 0 Å². The fourth-order valence-electron chi connectivity index (χ4n) is 5.08. The molecule has 0 aliphatic heterocycles. The smallest absolute Gasteiger partial charge is 0.337 e. The number of hydrogen-bond acceptors (Lipinski definition) is 4. The van der Waals surface area contributed by atoms with Gasteiger partial charge in [-0.2, -0.15) is 5.10 Å². The van der Waals surface area contributed by atoms with E-state index >= 15 is 0 Å². The minimum atomic E-state index is -1.02. The summed E-state index contributed by atoms with van der Waals surface area (Å²) in [6.07, 6.45) is 0.787. The van der Waals surface area contributed by atoms with Crippen LogP contribution in [0.4, 0.5) is 0 Å². The van der Waals surface area contributed by atoms with E-state index in [0.29, 0.717) is 17.9 Å². The van der Waals surface area contributed by atoms with Gasteiger partial charge in [-0.3, -0.25) is 0 Å². The third-order valence-electron chi connectivity index (χ3n) is 6.96. The lowest BCUT2D eigenvalue weighted by Crippen LogP contribution is -2.08. The van der Waals surface area contributed by atoms with Gasteiger partial charge in [-0.25, -0.2) is 19.4 Å². The molecule has 0 radical (unpaired) electrons. The Kier molecular flexibility index (Phi) is 6.37. The van der Waals surface area contributed by atoms with E-state index in [1.54, 1.807) is 28.9 Å². The predicted molar refractivity (Wildman–Crippen MR) is 156 cm³/mol. The van der Waals surface area contributed by atoms with Gasteiger partial charge in [-0.15, -0.1) is 0 Å². The Morgan fingerprint density at radius 1 is 0.925 bits per heavy atom. The third kappa shape index (κ3) is 4.50. The molecule has 196 valence electrons. The fourth-order valence-corrected chi connectivity index (χ4v) is 5.08. The molecule has 0 aliphatic carbocycles. The van der Waals surface area contributed by atoms with E-state index in [0.717, 1.165) is 56.7 Å². The molecule has 0 saturated carbocycles. The summed E-state index contributed by atoms with van der Waals surface area (Å²) in [5.41, 5.74) is 7.78. The summed E-state index contributed by atoms with van der Waals surface area (Å²) in [4.78, 5) is 21.8. The van der Waals surface area contributed by atoms with Gasteiger partial charge in [-0.1, -0.05) is 49.2 Å². The Labute approximate surface area is 231 Å². The maximum absolute atomic E-state index is 12.1. The predicted octanol–water partition coefficient (Wildman–Crippen LogP) is 6.10. The van der Waals surface area contributed by atoms with E-state index in [2.05, 4.69) is 42.4 Å². The maximum atomic E-state index is 12.1. The number of nitrogens with zero attached hydrogens (tertiary/aromatic N) is 5. The van der Waals surface area contributed by atoms with Crippen LogP contribution in [0.15, 0.2) is 78.9 Å². The highest BCUT2D eigenvalue weighted by Gasteiger charge is 2.19. The van der Waals surface area contributed by atoms with Gasteiger partial charge in [0, 0.05) is 23.1 Å². The minimum absolute atomic E-state index is 0.160. The molecule has 0 unspecified atom stereocenters. The Balaban J connectivity index is 1.53. The van der Waals surface area contributed by atoms with Crippen molar-refractivity contribution in [1.82, 2.24) is 24.3 Å². The topological polar surface area (TPSA) is 85.8 Å². The molecule has 0 amide bonds. The lowest BCUT2D eigenvalue weighted by atomic mass is 10.1. The van der Waals surface area contributed by atoms with Crippen molar-refractivity contribution in [3.05, 3.63) is 118 Å². The zero-order valence-electron chi connectivity index (χ0n) is 22.5. The molecule has 7 nitrogen and oxygen atoms in total. The first kappa shape index (κ1) is 25.1. The maximum Gasteiger partial charge on any atom is 0.337 e. The zero-order chi connectivity index (χ0) is 27.8. The van der Waals surface area contributed by atoms with Gasteiger partial charge in [0.1, 0.15) is 17.0 Å². The van der Waals surface area contributed by atoms with Gasteiger partial charge >= 0.3 is 5.97 Å². The Bertz CT molecular complexity index is 1970. The Hall–Kier alpha value is -5.22. The minimum Gasteiger partial charge on any atom is -0.478 e. The molecule has 3 aromatic carbocycles. The largest absolute Gasteiger partial charge is 0.478 e. The molecule has 7 heteroatoms. The highest BCUT2D eigenvalue weighted by atomic mass is 16.4. The molecular formula is C33H27N5O2. The molecule has 0 bridgehead atoms. The summed E-state index contributed by atoms with van der Waals surface area (Å²) in [7, 11) is 0. The van der Waals surface area contributed by atoms with E-state index < -0.39 is 5.97 Å². The summed E-state index contributed by atoms with van der Waals surface area (Å²) >= 11 is 0. The van der Waals surface area contributed by atoms with Crippen molar-refractivity contribution in [2.24, 2.45) is 0 Å². The summed E-state index contributed by atoms with van der Waals surface area (Å²) in [6, 6.07) is 24.7. The number of aromatic carboxylic acids is 1. The Morgan fingerprint density at radius 2 is 1.70 bits per heavy atom. The molecule has 0 spiro atoms. The van der Waals surface area contributed by atoms with Crippen molar-refractivity contribution < 1.29 is 9.90 Å². The number of pyridine rings is 1. The van der Waals surface area contributed by atoms with Gasteiger partial charge in [0.15, 0.2) is 5.65 Å². The van der Waals surface area contributed by atoms with Crippen LogP contribution in [0.1, 0.15) is 51.2 Å². The van der Waals surface area contributed by atoms with Gasteiger partial charge in [0.05, 0.1) is 23.3 Å². The van der Waals surface area contributed by atoms with Crippen molar-refractivity contribution in [2.45, 2.75) is 33.7 Å². The van der Waals surface area contributed by atoms with Gasteiger partial charge in [0.25, 0.3) is 0 Å². The van der Waals surface area contributed by atoms with E-state index in [1.165, 1.54) is 0 Å². The second-order valence-corrected chi connectivity index (χ2v) is 9.77. The van der Waals surface area contributed by atoms with E-state index in [4.69, 9.17) is 15.1 Å². The molecule has 0 saturated heterocycles. The lowest BCUT2D eigenvalue weighted by Gasteiger charge is -2.09. The van der Waals surface area contributed by atoms with Crippen molar-refractivity contribution >= 4 is 28.0 Å². The monoisotopic (exact) mass is 525 g/mol. The number of carboxylic acids is 1. The molecule has 0 fully saturated rings. The molecule has 0 atom stereocenters. The van der Waals surface area contributed by atoms with Crippen molar-refractivity contribution in [3.8, 4) is 17.5 Å². The second-order valence-electron chi connectivity index (χ2n) is 9.77. The summed E-state index contributed by atoms with van der Waals surface area (Å²) in [5.74, 6) is 6.49. The van der Waals surface area contributed by atoms with Crippen LogP contribution in [-0.4, -0.2) is 35.4 Å². The molecular weight excluding hydrogens is 498 g/mol. The highest BCUT2D eigenvalue weighted by Crippen LogP contribution is 2.27. The van der Waals surface area contributed by atoms with Crippen molar-refractivity contribution in [2.75, 3.05) is 0 Å². The first-order chi connectivity index (χ1) is 19.4. The quantitative estimate of drug-likeness (QED) is 0.275. The van der Waals surface area contributed by atoms with Crippen molar-refractivity contribution in [3.63, 3.8) is 0 Å². The van der Waals surface area contributed by atoms with Gasteiger partial charge < -0.3 is 9.67 Å². The van der Waals surface area contributed by atoms with E-state index in [-0.39, 0.29) is 5.56 Å². The van der Waals surface area contributed by atoms with E-state index in [1.807, 2.05) is 49.4 Å². The van der Waals surface area contributed by atoms with E-state index in [9.17, 15) is 9.90 Å². The number of aryl methyl sites for hydroxylation is 3. The first-order valence-electron chi connectivity index (χ1n) is 13.2. The van der Waals surface area contributed by atoms with Crippen LogP contribution >= 0.6 is 0 Å². The third-order valence-corrected chi connectivity index (χ3v) is 6.96. The number of imidazole rings is 1. The number of carbonyl (C=O) groups is 1. The van der Waals surface area contributed by atoms with Crippen LogP contribution in [0.2, 0.25) is 0 Å². The summed E-state index contributed by atoms with van der Waals surface area (Å²) < 4.78 is 3.82. The number of carboxylic acid groups (broad SMARTS) is 1. The SMILES string of the molecule is CCc1nc2c(C)cc(C)nc2n1Cc1ccc2nn(-c3ccccc3C(=O)O)c(C#Cc3ccccc3)c2c1. The van der Waals surface area contributed by atoms with Crippen LogP contribution < -0.4 is 0 Å². The molecule has 3 aromatic heterocycles. The molecule has 3 heterocycles. The fraction of sp³-hybridized carbons (Fsp3) is 0.152. The second kappa shape index (κ2) is 10.2. The van der Waals surface area contributed by atoms with Crippen LogP contribution in [0.5, 0.6) is 0 Å². The van der Waals surface area contributed by atoms with Crippen LogP contribution in [-0.2, 0) is 13.0 Å². The van der Waals surface area contributed by atoms with Crippen LogP contribution in [0, 0.1) is 25.7 Å². The van der Waals surface area contributed by atoms with Crippen LogP contribution in [0.25, 0.3) is 27.8 Å². The number of benzene rings is 3. The Morgan fingerprint density at radius 3 is 2.48 bits per heavy atom. The summed E-state index contributed by atoms with van der Waals surface area (Å²) in [5, 5.41) is 15.5. The number of rotatable bonds is 5. The standard InChI is InChI=1S/C33H27N5O2/c1-4-30-35-31-21(2)18-22(3)34-32(31)37(30)20-24-14-16-27-26(19-24)29(17-15-23-10-6-5-7-11-23)38(36-27)28-13-9-8-12-25(28)33(39)40/h5-14,16,18-19H,4,20H2,1-3H3,(H,39,40). The molecule has 6 aromatic rings. The zero-order valence-corrected chi connectivity index (χ0v) is 22.5. The number of para-hydroxylation sites is 1. The number of hydrogen-bond donors (Lipinski definition) is 1. The first-order valence-corrected chi connectivity index (χ1v) is 13.2. The average Bonchev–Trinajstić information content (AvgIpc) is 3.50. The lowest BCUT2D eigenvalue weighted by molar-refractivity contribution is 0.0696. The highest BCUT2D eigenvalue weighted by molar-refractivity contribution is 5.93. The number of fused-ring (bicyclic) bond motifs is 2. The molecule has 40 heavy (non-hydrogen) atoms. The van der Waals surface area contributed by atoms with Gasteiger partial charge in [0.2, 0.25) is 0 Å². The number of aromatic nitrogens is 5. The van der Waals surface area contributed by atoms with Crippen molar-refractivity contribution in [1.29, 1.82) is 0 Å². The van der Waals surface area contributed by atoms with Gasteiger partial charge in [-0.05, 0) is 73.4 Å². The molecule has 6 rings (SSSR count). The average molecular weight is 526 g/mol. The molecule has 0 aliphatic rings. The summed E-state index contributed by atoms with van der Waals surface area (Å²) in [6.45, 7) is 6.77.